The van der Waals surface area contributed by atoms with Crippen molar-refractivity contribution in [2.24, 2.45) is 0 Å². The molecule has 0 aliphatic carbocycles. The van der Waals surface area contributed by atoms with Gasteiger partial charge in [0.1, 0.15) is 11.4 Å². The molecule has 3 N–H and O–H groups in total. The molecule has 2 aromatic carbocycles. The number of ether oxygens (including phenoxy) is 1. The Balaban J connectivity index is 1.32. The third-order valence-corrected chi connectivity index (χ3v) is 8.00. The first-order chi connectivity index (χ1) is 21.7. The van der Waals surface area contributed by atoms with Crippen molar-refractivity contribution >= 4 is 41.5 Å². The Hall–Kier alpha value is -5.29. The molecular formula is C33H30ClN5O6. The molecule has 11 nitrogen and oxygen atoms in total. The van der Waals surface area contributed by atoms with Gasteiger partial charge in [0.2, 0.25) is 5.91 Å². The van der Waals surface area contributed by atoms with Crippen LogP contribution in [0.1, 0.15) is 44.8 Å². The lowest BCUT2D eigenvalue weighted by Crippen LogP contribution is -2.40. The summed E-state index contributed by atoms with van der Waals surface area (Å²) in [5.74, 6) is -0.110. The van der Waals surface area contributed by atoms with Gasteiger partial charge in [-0.25, -0.2) is 4.79 Å². The Morgan fingerprint density at radius 1 is 1.16 bits per heavy atom. The van der Waals surface area contributed by atoms with Gasteiger partial charge in [0.25, 0.3) is 5.91 Å². The van der Waals surface area contributed by atoms with E-state index >= 15 is 0 Å². The number of benzene rings is 2. The van der Waals surface area contributed by atoms with Crippen LogP contribution in [0, 0.1) is 6.92 Å². The molecule has 3 amide bonds. The molecule has 45 heavy (non-hydrogen) atoms. The quantitative estimate of drug-likeness (QED) is 0.192. The maximum absolute atomic E-state index is 13.1. The van der Waals surface area contributed by atoms with Gasteiger partial charge < -0.3 is 25.4 Å². The summed E-state index contributed by atoms with van der Waals surface area (Å²) in [7, 11) is 1.48. The van der Waals surface area contributed by atoms with Crippen LogP contribution >= 0.6 is 11.6 Å². The average molecular weight is 628 g/mol. The van der Waals surface area contributed by atoms with Crippen LogP contribution in [-0.4, -0.2) is 63.9 Å². The number of rotatable bonds is 10. The van der Waals surface area contributed by atoms with E-state index in [-0.39, 0.29) is 30.7 Å². The van der Waals surface area contributed by atoms with E-state index in [2.05, 4.69) is 20.6 Å². The highest BCUT2D eigenvalue weighted by molar-refractivity contribution is 6.35. The van der Waals surface area contributed by atoms with Gasteiger partial charge in [-0.05, 0) is 60.4 Å². The van der Waals surface area contributed by atoms with Crippen LogP contribution < -0.4 is 15.4 Å². The second kappa shape index (κ2) is 13.6. The monoisotopic (exact) mass is 627 g/mol. The highest BCUT2D eigenvalue weighted by Gasteiger charge is 2.25. The van der Waals surface area contributed by atoms with Crippen molar-refractivity contribution < 1.29 is 29.0 Å². The van der Waals surface area contributed by atoms with E-state index in [1.807, 2.05) is 13.0 Å². The molecule has 0 bridgehead atoms. The minimum Gasteiger partial charge on any atom is -0.496 e. The summed E-state index contributed by atoms with van der Waals surface area (Å²) in [5.41, 5.74) is 5.19. The number of hydrogen-bond donors (Lipinski definition) is 3. The second-order valence-corrected chi connectivity index (χ2v) is 10.9. The fraction of sp³-hybridized carbons (Fsp3) is 0.212. The number of amides is 3. The number of carbonyl (C=O) groups excluding carboxylic acids is 3. The van der Waals surface area contributed by atoms with E-state index in [4.69, 9.17) is 16.3 Å². The Labute approximate surface area is 264 Å². The van der Waals surface area contributed by atoms with Crippen LogP contribution in [0.2, 0.25) is 5.02 Å². The summed E-state index contributed by atoms with van der Waals surface area (Å²) in [5, 5.41) is 15.7. The van der Waals surface area contributed by atoms with Gasteiger partial charge in [-0.3, -0.25) is 24.4 Å². The lowest BCUT2D eigenvalue weighted by Gasteiger charge is -2.22. The fourth-order valence-corrected chi connectivity index (χ4v) is 5.54. The smallest absolute Gasteiger partial charge is 0.407 e. The molecule has 1 saturated heterocycles. The van der Waals surface area contributed by atoms with Crippen LogP contribution in [0.25, 0.3) is 22.4 Å². The number of aromatic nitrogens is 2. The van der Waals surface area contributed by atoms with Crippen molar-refractivity contribution in [3.63, 3.8) is 0 Å². The van der Waals surface area contributed by atoms with Crippen molar-refractivity contribution in [3.05, 3.63) is 94.4 Å². The molecule has 1 aliphatic rings. The number of hydrogen-bond acceptors (Lipinski definition) is 7. The molecule has 3 heterocycles. The molecule has 0 unspecified atom stereocenters. The summed E-state index contributed by atoms with van der Waals surface area (Å²) in [6.45, 7) is 2.11. The van der Waals surface area contributed by atoms with Crippen molar-refractivity contribution in [1.82, 2.24) is 20.2 Å². The zero-order chi connectivity index (χ0) is 32.1. The van der Waals surface area contributed by atoms with E-state index < -0.39 is 12.0 Å². The molecule has 12 heteroatoms. The van der Waals surface area contributed by atoms with Gasteiger partial charge in [0.05, 0.1) is 29.9 Å². The summed E-state index contributed by atoms with van der Waals surface area (Å²) in [4.78, 5) is 57.7. The lowest BCUT2D eigenvalue weighted by atomic mass is 9.97. The molecule has 1 atom stereocenters. The minimum absolute atomic E-state index is 0.0699. The highest BCUT2D eigenvalue weighted by atomic mass is 35.5. The first-order valence-corrected chi connectivity index (χ1v) is 14.5. The van der Waals surface area contributed by atoms with Gasteiger partial charge in [-0.1, -0.05) is 35.9 Å². The van der Waals surface area contributed by atoms with Gasteiger partial charge in [0.15, 0.2) is 6.29 Å². The largest absolute Gasteiger partial charge is 0.496 e. The molecule has 4 aromatic rings. The van der Waals surface area contributed by atoms with Crippen LogP contribution in [-0.2, 0) is 11.3 Å². The number of nitrogens with one attached hydrogen (secondary N) is 2. The van der Waals surface area contributed by atoms with E-state index in [0.29, 0.717) is 57.2 Å². The Morgan fingerprint density at radius 3 is 2.64 bits per heavy atom. The molecule has 1 fully saturated rings. The molecule has 230 valence electrons. The molecule has 0 radical (unpaired) electrons. The number of methoxy groups -OCH3 is 1. The number of carboxylic acid groups (broad SMARTS) is 1. The van der Waals surface area contributed by atoms with E-state index in [9.17, 15) is 24.3 Å². The number of halogens is 1. The van der Waals surface area contributed by atoms with E-state index in [1.54, 1.807) is 48.7 Å². The third-order valence-electron chi connectivity index (χ3n) is 7.62. The predicted molar refractivity (Wildman–Crippen MR) is 169 cm³/mol. The van der Waals surface area contributed by atoms with E-state index in [0.717, 1.165) is 17.4 Å². The summed E-state index contributed by atoms with van der Waals surface area (Å²) >= 11 is 6.87. The predicted octanol–water partition coefficient (Wildman–Crippen LogP) is 5.60. The van der Waals surface area contributed by atoms with Crippen molar-refractivity contribution in [3.8, 4) is 28.1 Å². The van der Waals surface area contributed by atoms with Crippen molar-refractivity contribution in [2.75, 3.05) is 19.0 Å². The van der Waals surface area contributed by atoms with Crippen LogP contribution in [0.5, 0.6) is 5.75 Å². The Kier molecular flexibility index (Phi) is 9.39. The van der Waals surface area contributed by atoms with Crippen LogP contribution in [0.4, 0.5) is 10.5 Å². The van der Waals surface area contributed by atoms with Crippen LogP contribution in [0.15, 0.2) is 67.0 Å². The van der Waals surface area contributed by atoms with Crippen LogP contribution in [0.3, 0.4) is 0 Å². The Morgan fingerprint density at radius 2 is 1.98 bits per heavy atom. The topological polar surface area (TPSA) is 151 Å². The normalized spacial score (nSPS) is 14.0. The molecular weight excluding hydrogens is 598 g/mol. The second-order valence-electron chi connectivity index (χ2n) is 10.5. The zero-order valence-electron chi connectivity index (χ0n) is 24.5. The SMILES string of the molecule is COc1cc(-c2nccc(-c3cccc(NC(=O)c4ccc(CN(C[C@@H]5CCC(=O)N5)C(=O)O)cn4)c3C)c2Cl)ccc1C=O. The fourth-order valence-electron chi connectivity index (χ4n) is 5.22. The van der Waals surface area contributed by atoms with Crippen molar-refractivity contribution in [2.45, 2.75) is 32.4 Å². The zero-order valence-corrected chi connectivity index (χ0v) is 25.3. The molecule has 0 spiro atoms. The number of pyridine rings is 2. The van der Waals surface area contributed by atoms with Gasteiger partial charge >= 0.3 is 6.09 Å². The number of aldehydes is 1. The number of nitrogens with zero attached hydrogens (tertiary/aromatic N) is 3. The van der Waals surface area contributed by atoms with Gasteiger partial charge in [0, 0.05) is 48.2 Å². The average Bonchev–Trinajstić information content (AvgIpc) is 3.46. The van der Waals surface area contributed by atoms with Crippen molar-refractivity contribution in [1.29, 1.82) is 0 Å². The Bertz CT molecular complexity index is 1780. The first-order valence-electron chi connectivity index (χ1n) is 14.1. The summed E-state index contributed by atoms with van der Waals surface area (Å²) < 4.78 is 5.34. The molecule has 1 aliphatic heterocycles. The minimum atomic E-state index is -1.11. The lowest BCUT2D eigenvalue weighted by molar-refractivity contribution is -0.119. The van der Waals surface area contributed by atoms with E-state index in [1.165, 1.54) is 24.3 Å². The molecule has 5 rings (SSSR count). The maximum Gasteiger partial charge on any atom is 0.407 e. The summed E-state index contributed by atoms with van der Waals surface area (Å²) in [6.07, 6.45) is 3.69. The molecule has 0 saturated carbocycles. The highest BCUT2D eigenvalue weighted by Crippen LogP contribution is 2.39. The van der Waals surface area contributed by atoms with Gasteiger partial charge in [-0.15, -0.1) is 0 Å². The standard InChI is InChI=1S/C33H30ClN5O6/c1-19-24(25-12-13-35-31(30(25)34)21-7-8-22(18-40)28(14-21)45-2)4-3-5-26(19)38-32(42)27-10-6-20(15-36-27)16-39(33(43)44)17-23-9-11-29(41)37-23/h3-8,10,12-15,18,23H,9,11,16-17H2,1-2H3,(H,37,41)(H,38,42)(H,43,44)/t23-/m0/s1. The van der Waals surface area contributed by atoms with Gasteiger partial charge in [-0.2, -0.15) is 0 Å². The molecule has 2 aromatic heterocycles. The number of anilines is 1. The maximum atomic E-state index is 13.1. The first kappa shape index (κ1) is 31.1. The summed E-state index contributed by atoms with van der Waals surface area (Å²) in [6, 6.07) is 15.3. The number of carbonyl (C=O) groups is 4. The third kappa shape index (κ3) is 6.94.